The van der Waals surface area contributed by atoms with Crippen LogP contribution in [0.5, 0.6) is 0 Å². The number of hydrogen-bond acceptors (Lipinski definition) is 5. The maximum Gasteiger partial charge on any atom is 0.0927 e. The molecule has 0 aromatic heterocycles. The molecular formula is C18H36N2O3. The van der Waals surface area contributed by atoms with Crippen LogP contribution in [0.2, 0.25) is 0 Å². The summed E-state index contributed by atoms with van der Waals surface area (Å²) in [5.41, 5.74) is 0. The summed E-state index contributed by atoms with van der Waals surface area (Å²) >= 11 is 0. The van der Waals surface area contributed by atoms with Crippen molar-refractivity contribution in [1.29, 1.82) is 0 Å². The summed E-state index contributed by atoms with van der Waals surface area (Å²) < 4.78 is 11.4. The van der Waals surface area contributed by atoms with Gasteiger partial charge in [0.05, 0.1) is 24.9 Å². The lowest BCUT2D eigenvalue weighted by Crippen LogP contribution is -2.50. The van der Waals surface area contributed by atoms with Gasteiger partial charge < -0.3 is 25.2 Å². The molecule has 2 aliphatic heterocycles. The van der Waals surface area contributed by atoms with Crippen molar-refractivity contribution < 1.29 is 14.6 Å². The van der Waals surface area contributed by atoms with E-state index in [4.69, 9.17) is 9.47 Å². The lowest BCUT2D eigenvalue weighted by atomic mass is 9.94. The first-order chi connectivity index (χ1) is 10.9. The number of nitrogens with one attached hydrogen (secondary N) is 2. The summed E-state index contributed by atoms with van der Waals surface area (Å²) in [5, 5.41) is 17.2. The lowest BCUT2D eigenvalue weighted by molar-refractivity contribution is -0.0587. The molecule has 0 radical (unpaired) electrons. The van der Waals surface area contributed by atoms with Crippen LogP contribution in [-0.4, -0.2) is 60.8 Å². The van der Waals surface area contributed by atoms with Crippen molar-refractivity contribution in [1.82, 2.24) is 10.6 Å². The minimum Gasteiger partial charge on any atom is -0.389 e. The van der Waals surface area contributed by atoms with E-state index in [1.165, 1.54) is 0 Å². The van der Waals surface area contributed by atoms with Gasteiger partial charge in [0.25, 0.3) is 0 Å². The maximum absolute atomic E-state index is 9.97. The normalized spacial score (nSPS) is 37.0. The van der Waals surface area contributed by atoms with E-state index in [-0.39, 0.29) is 12.1 Å². The smallest absolute Gasteiger partial charge is 0.0927 e. The van der Waals surface area contributed by atoms with Gasteiger partial charge in [-0.25, -0.2) is 0 Å². The molecule has 2 aliphatic rings. The highest BCUT2D eigenvalue weighted by Gasteiger charge is 2.28. The minimum absolute atomic E-state index is 0.167. The van der Waals surface area contributed by atoms with Gasteiger partial charge in [-0.15, -0.1) is 0 Å². The van der Waals surface area contributed by atoms with Crippen molar-refractivity contribution in [2.75, 3.05) is 13.2 Å². The van der Waals surface area contributed by atoms with Crippen molar-refractivity contribution in [3.63, 3.8) is 0 Å². The zero-order chi connectivity index (χ0) is 16.8. The molecule has 0 aromatic carbocycles. The molecule has 0 bridgehead atoms. The molecule has 6 unspecified atom stereocenters. The Morgan fingerprint density at radius 2 is 1.96 bits per heavy atom. The second-order valence-corrected chi connectivity index (χ2v) is 7.74. The summed E-state index contributed by atoms with van der Waals surface area (Å²) in [6.45, 7) is 10.0. The van der Waals surface area contributed by atoms with Crippen LogP contribution >= 0.6 is 0 Å². The molecule has 136 valence electrons. The summed E-state index contributed by atoms with van der Waals surface area (Å²) in [7, 11) is 0. The lowest BCUT2D eigenvalue weighted by Gasteiger charge is -2.36. The standard InChI is InChI=1S/C18H36N2O3/c1-12(2)19-15-9-14(4)23-16(10-15)6-5-13(3)20-17-7-8-22-11-18(17)21/h12-21H,5-11H2,1-4H3. The van der Waals surface area contributed by atoms with Crippen LogP contribution in [-0.2, 0) is 9.47 Å². The van der Waals surface area contributed by atoms with Crippen molar-refractivity contribution in [2.24, 2.45) is 0 Å². The molecule has 6 atom stereocenters. The average molecular weight is 328 g/mol. The fourth-order valence-electron chi connectivity index (χ4n) is 3.85. The Labute approximate surface area is 141 Å². The Bertz CT molecular complexity index is 338. The van der Waals surface area contributed by atoms with Gasteiger partial charge >= 0.3 is 0 Å². The van der Waals surface area contributed by atoms with E-state index in [0.717, 1.165) is 38.7 Å². The number of rotatable bonds is 7. The zero-order valence-electron chi connectivity index (χ0n) is 15.3. The van der Waals surface area contributed by atoms with Crippen molar-refractivity contribution in [2.45, 2.75) is 102 Å². The molecular weight excluding hydrogens is 292 g/mol. The van der Waals surface area contributed by atoms with Crippen LogP contribution in [0.3, 0.4) is 0 Å². The second-order valence-electron chi connectivity index (χ2n) is 7.74. The van der Waals surface area contributed by atoms with E-state index in [2.05, 4.69) is 38.3 Å². The summed E-state index contributed by atoms with van der Waals surface area (Å²) in [5.74, 6) is 0. The van der Waals surface area contributed by atoms with E-state index in [0.29, 0.717) is 36.9 Å². The molecule has 0 spiro atoms. The van der Waals surface area contributed by atoms with Gasteiger partial charge in [-0.3, -0.25) is 0 Å². The zero-order valence-corrected chi connectivity index (χ0v) is 15.3. The molecule has 5 nitrogen and oxygen atoms in total. The Morgan fingerprint density at radius 1 is 1.17 bits per heavy atom. The fourth-order valence-corrected chi connectivity index (χ4v) is 3.85. The third kappa shape index (κ3) is 6.67. The summed E-state index contributed by atoms with van der Waals surface area (Å²) in [4.78, 5) is 0. The van der Waals surface area contributed by atoms with Gasteiger partial charge in [0, 0.05) is 30.8 Å². The van der Waals surface area contributed by atoms with E-state index in [1.807, 2.05) is 0 Å². The van der Waals surface area contributed by atoms with Gasteiger partial charge in [0.2, 0.25) is 0 Å². The molecule has 3 N–H and O–H groups in total. The SMILES string of the molecule is CC(C)NC1CC(C)OC(CCC(C)NC2CCOCC2O)C1. The molecule has 0 aromatic rings. The highest BCUT2D eigenvalue weighted by atomic mass is 16.5. The Kier molecular flexibility index (Phi) is 7.76. The third-order valence-electron chi connectivity index (χ3n) is 4.90. The number of aliphatic hydroxyl groups excluding tert-OH is 1. The third-order valence-corrected chi connectivity index (χ3v) is 4.90. The predicted octanol–water partition coefficient (Wildman–Crippen LogP) is 1.83. The van der Waals surface area contributed by atoms with Gasteiger partial charge in [0.1, 0.15) is 0 Å². The molecule has 2 heterocycles. The van der Waals surface area contributed by atoms with E-state index in [1.54, 1.807) is 0 Å². The first-order valence-corrected chi connectivity index (χ1v) is 9.37. The fraction of sp³-hybridized carbons (Fsp3) is 1.00. The van der Waals surface area contributed by atoms with Crippen LogP contribution < -0.4 is 10.6 Å². The first kappa shape index (κ1) is 19.1. The topological polar surface area (TPSA) is 62.8 Å². The molecule has 0 saturated carbocycles. The highest BCUT2D eigenvalue weighted by molar-refractivity contribution is 4.84. The summed E-state index contributed by atoms with van der Waals surface area (Å²) in [6, 6.07) is 1.66. The van der Waals surface area contributed by atoms with Gasteiger partial charge in [0.15, 0.2) is 0 Å². The number of hydrogen-bond donors (Lipinski definition) is 3. The van der Waals surface area contributed by atoms with E-state index < -0.39 is 0 Å². The van der Waals surface area contributed by atoms with Crippen LogP contribution in [0.25, 0.3) is 0 Å². The molecule has 2 saturated heterocycles. The van der Waals surface area contributed by atoms with Gasteiger partial charge in [-0.1, -0.05) is 13.8 Å². The highest BCUT2D eigenvalue weighted by Crippen LogP contribution is 2.23. The van der Waals surface area contributed by atoms with Gasteiger partial charge in [-0.05, 0) is 46.0 Å². The van der Waals surface area contributed by atoms with Crippen molar-refractivity contribution >= 4 is 0 Å². The van der Waals surface area contributed by atoms with Crippen LogP contribution in [0, 0.1) is 0 Å². The van der Waals surface area contributed by atoms with E-state index >= 15 is 0 Å². The monoisotopic (exact) mass is 328 g/mol. The molecule has 0 amide bonds. The summed E-state index contributed by atoms with van der Waals surface area (Å²) in [6.07, 6.45) is 5.57. The second kappa shape index (κ2) is 9.33. The van der Waals surface area contributed by atoms with Crippen LogP contribution in [0.15, 0.2) is 0 Å². The maximum atomic E-state index is 9.97. The Morgan fingerprint density at radius 3 is 2.65 bits per heavy atom. The quantitative estimate of drug-likeness (QED) is 0.665. The average Bonchev–Trinajstić information content (AvgIpc) is 2.46. The minimum atomic E-state index is -0.378. The molecule has 2 fully saturated rings. The molecule has 2 rings (SSSR count). The number of aliphatic hydroxyl groups is 1. The van der Waals surface area contributed by atoms with Crippen molar-refractivity contribution in [3.05, 3.63) is 0 Å². The molecule has 23 heavy (non-hydrogen) atoms. The predicted molar refractivity (Wildman–Crippen MR) is 92.7 cm³/mol. The molecule has 0 aliphatic carbocycles. The number of ether oxygens (including phenoxy) is 2. The van der Waals surface area contributed by atoms with Gasteiger partial charge in [-0.2, -0.15) is 0 Å². The van der Waals surface area contributed by atoms with E-state index in [9.17, 15) is 5.11 Å². The Hall–Kier alpha value is -0.200. The van der Waals surface area contributed by atoms with Crippen LogP contribution in [0.4, 0.5) is 0 Å². The van der Waals surface area contributed by atoms with Crippen molar-refractivity contribution in [3.8, 4) is 0 Å². The largest absolute Gasteiger partial charge is 0.389 e. The van der Waals surface area contributed by atoms with Crippen LogP contribution in [0.1, 0.15) is 59.8 Å². The molecule has 5 heteroatoms. The first-order valence-electron chi connectivity index (χ1n) is 9.37. The Balaban J connectivity index is 1.71.